The largest absolute Gasteiger partial charge is 0.357 e. The van der Waals surface area contributed by atoms with Crippen LogP contribution in [-0.4, -0.2) is 24.6 Å². The van der Waals surface area contributed by atoms with Gasteiger partial charge in [0.2, 0.25) is 0 Å². The van der Waals surface area contributed by atoms with Gasteiger partial charge in [-0.3, -0.25) is 0 Å². The van der Waals surface area contributed by atoms with Gasteiger partial charge in [-0.1, -0.05) is 24.6 Å². The summed E-state index contributed by atoms with van der Waals surface area (Å²) in [6, 6.07) is 6.75. The number of anilines is 1. The third-order valence-corrected chi connectivity index (χ3v) is 4.82. The average Bonchev–Trinajstić information content (AvgIpc) is 2.98. The lowest BCUT2D eigenvalue weighted by Crippen LogP contribution is -2.31. The molecule has 3 nitrogen and oxygen atoms in total. The first kappa shape index (κ1) is 16.3. The quantitative estimate of drug-likeness (QED) is 0.835. The molecule has 0 radical (unpaired) electrons. The Kier molecular flexibility index (Phi) is 6.03. The molecule has 0 aliphatic heterocycles. The maximum Gasteiger partial charge on any atom is 0.128 e. The van der Waals surface area contributed by atoms with Crippen molar-refractivity contribution in [3.63, 3.8) is 0 Å². The minimum absolute atomic E-state index is 0.393. The summed E-state index contributed by atoms with van der Waals surface area (Å²) in [5.41, 5.74) is 1.10. The van der Waals surface area contributed by atoms with Crippen LogP contribution < -0.4 is 10.2 Å². The summed E-state index contributed by atoms with van der Waals surface area (Å²) >= 11 is 8.01. The highest BCUT2D eigenvalue weighted by Crippen LogP contribution is 2.22. The molecule has 2 rings (SSSR count). The molecule has 0 spiro atoms. The van der Waals surface area contributed by atoms with E-state index in [1.54, 1.807) is 17.5 Å². The summed E-state index contributed by atoms with van der Waals surface area (Å²) in [5, 5.41) is 6.15. The molecular weight excluding hydrogens is 302 g/mol. The van der Waals surface area contributed by atoms with Gasteiger partial charge in [-0.05, 0) is 36.5 Å². The fraction of sp³-hybridized carbons (Fsp3) is 0.438. The Labute approximate surface area is 136 Å². The molecule has 2 aromatic rings. The van der Waals surface area contributed by atoms with E-state index in [4.69, 9.17) is 11.6 Å². The van der Waals surface area contributed by atoms with Crippen molar-refractivity contribution in [1.82, 2.24) is 10.3 Å². The number of hydrogen-bond donors (Lipinski definition) is 1. The molecule has 0 saturated heterocycles. The van der Waals surface area contributed by atoms with Gasteiger partial charge in [-0.2, -0.15) is 0 Å². The average molecular weight is 324 g/mol. The van der Waals surface area contributed by atoms with Gasteiger partial charge in [0.1, 0.15) is 5.82 Å². The maximum absolute atomic E-state index is 6.21. The normalized spacial score (nSPS) is 12.4. The van der Waals surface area contributed by atoms with Gasteiger partial charge in [0, 0.05) is 37.1 Å². The molecule has 1 unspecified atom stereocenters. The highest BCUT2D eigenvalue weighted by atomic mass is 35.5. The standard InChI is InChI=1S/C16H22ClN3S/c1-4-18-10-13-9-16(19-11-15(13)17)20(3)12(2)8-14-6-5-7-21-14/h5-7,9,11-12,18H,4,8,10H2,1-3H3. The fourth-order valence-electron chi connectivity index (χ4n) is 2.14. The molecule has 0 aliphatic carbocycles. The topological polar surface area (TPSA) is 28.2 Å². The Hall–Kier alpha value is -1.10. The van der Waals surface area contributed by atoms with Crippen LogP contribution in [-0.2, 0) is 13.0 Å². The van der Waals surface area contributed by atoms with Crippen LogP contribution in [0.3, 0.4) is 0 Å². The van der Waals surface area contributed by atoms with Gasteiger partial charge in [0.05, 0.1) is 5.02 Å². The van der Waals surface area contributed by atoms with Gasteiger partial charge in [-0.25, -0.2) is 4.98 Å². The molecule has 0 fully saturated rings. The summed E-state index contributed by atoms with van der Waals surface area (Å²) in [6.07, 6.45) is 2.78. The molecule has 0 bridgehead atoms. The molecule has 1 N–H and O–H groups in total. The lowest BCUT2D eigenvalue weighted by Gasteiger charge is -2.26. The number of nitrogens with zero attached hydrogens (tertiary/aromatic N) is 2. The number of likely N-dealkylation sites (N-methyl/N-ethyl adjacent to an activating group) is 1. The van der Waals surface area contributed by atoms with E-state index >= 15 is 0 Å². The SMILES string of the molecule is CCNCc1cc(N(C)C(C)Cc2cccs2)ncc1Cl. The number of nitrogens with one attached hydrogen (secondary N) is 1. The first-order valence-corrected chi connectivity index (χ1v) is 8.48. The fourth-order valence-corrected chi connectivity index (χ4v) is 3.14. The molecular formula is C16H22ClN3S. The molecule has 0 aromatic carbocycles. The van der Waals surface area contributed by atoms with Crippen molar-refractivity contribution in [3.05, 3.63) is 45.2 Å². The summed E-state index contributed by atoms with van der Waals surface area (Å²) in [4.78, 5) is 8.08. The smallest absolute Gasteiger partial charge is 0.128 e. The Morgan fingerprint density at radius 1 is 1.48 bits per heavy atom. The van der Waals surface area contributed by atoms with E-state index in [9.17, 15) is 0 Å². The lowest BCUT2D eigenvalue weighted by atomic mass is 10.1. The minimum atomic E-state index is 0.393. The second-order valence-electron chi connectivity index (χ2n) is 5.16. The Morgan fingerprint density at radius 3 is 2.95 bits per heavy atom. The van der Waals surface area contributed by atoms with E-state index in [-0.39, 0.29) is 0 Å². The van der Waals surface area contributed by atoms with Gasteiger partial charge < -0.3 is 10.2 Å². The van der Waals surface area contributed by atoms with Crippen molar-refractivity contribution >= 4 is 28.8 Å². The molecule has 21 heavy (non-hydrogen) atoms. The van der Waals surface area contributed by atoms with E-state index in [1.165, 1.54) is 4.88 Å². The third-order valence-electron chi connectivity index (χ3n) is 3.58. The monoisotopic (exact) mass is 323 g/mol. The second kappa shape index (κ2) is 7.78. The van der Waals surface area contributed by atoms with E-state index in [0.29, 0.717) is 6.04 Å². The number of hydrogen-bond acceptors (Lipinski definition) is 4. The van der Waals surface area contributed by atoms with Crippen molar-refractivity contribution in [3.8, 4) is 0 Å². The first-order valence-electron chi connectivity index (χ1n) is 7.22. The van der Waals surface area contributed by atoms with Crippen LogP contribution in [0.15, 0.2) is 29.8 Å². The van der Waals surface area contributed by atoms with Crippen LogP contribution in [0.25, 0.3) is 0 Å². The first-order chi connectivity index (χ1) is 10.1. The van der Waals surface area contributed by atoms with Crippen molar-refractivity contribution in [2.45, 2.75) is 32.9 Å². The van der Waals surface area contributed by atoms with Crippen LogP contribution in [0.1, 0.15) is 24.3 Å². The molecule has 0 aliphatic rings. The number of pyridine rings is 1. The summed E-state index contributed by atoms with van der Waals surface area (Å²) < 4.78 is 0. The van der Waals surface area contributed by atoms with Crippen molar-refractivity contribution < 1.29 is 0 Å². The van der Waals surface area contributed by atoms with E-state index in [0.717, 1.165) is 35.9 Å². The highest BCUT2D eigenvalue weighted by molar-refractivity contribution is 7.09. The van der Waals surface area contributed by atoms with Gasteiger partial charge in [0.25, 0.3) is 0 Å². The number of rotatable bonds is 7. The molecule has 0 saturated carbocycles. The zero-order valence-corrected chi connectivity index (χ0v) is 14.3. The van der Waals surface area contributed by atoms with E-state index in [1.807, 2.05) is 0 Å². The summed E-state index contributed by atoms with van der Waals surface area (Å²) in [5.74, 6) is 0.969. The second-order valence-corrected chi connectivity index (χ2v) is 6.60. The predicted molar refractivity (Wildman–Crippen MR) is 92.5 cm³/mol. The van der Waals surface area contributed by atoms with Gasteiger partial charge in [-0.15, -0.1) is 11.3 Å². The highest BCUT2D eigenvalue weighted by Gasteiger charge is 2.14. The molecule has 2 heterocycles. The van der Waals surface area contributed by atoms with Crippen molar-refractivity contribution in [2.24, 2.45) is 0 Å². The molecule has 114 valence electrons. The van der Waals surface area contributed by atoms with Crippen molar-refractivity contribution in [1.29, 1.82) is 0 Å². The maximum atomic E-state index is 6.21. The molecule has 0 amide bonds. The zero-order valence-electron chi connectivity index (χ0n) is 12.8. The van der Waals surface area contributed by atoms with Gasteiger partial charge >= 0.3 is 0 Å². The van der Waals surface area contributed by atoms with Crippen LogP contribution in [0.4, 0.5) is 5.82 Å². The zero-order chi connectivity index (χ0) is 15.2. The molecule has 1 atom stereocenters. The van der Waals surface area contributed by atoms with E-state index in [2.05, 4.69) is 59.7 Å². The Morgan fingerprint density at radius 2 is 2.29 bits per heavy atom. The van der Waals surface area contributed by atoms with Crippen LogP contribution in [0.2, 0.25) is 5.02 Å². The summed E-state index contributed by atoms with van der Waals surface area (Å²) in [6.45, 7) is 6.02. The van der Waals surface area contributed by atoms with Crippen molar-refractivity contribution in [2.75, 3.05) is 18.5 Å². The summed E-state index contributed by atoms with van der Waals surface area (Å²) in [7, 11) is 2.09. The van der Waals surface area contributed by atoms with Gasteiger partial charge in [0.15, 0.2) is 0 Å². The van der Waals surface area contributed by atoms with E-state index < -0.39 is 0 Å². The molecule has 2 aromatic heterocycles. The number of halogens is 1. The Bertz CT molecular complexity index is 557. The van der Waals surface area contributed by atoms with Crippen LogP contribution in [0, 0.1) is 0 Å². The predicted octanol–water partition coefficient (Wildman–Crippen LogP) is 3.97. The lowest BCUT2D eigenvalue weighted by molar-refractivity contribution is 0.677. The number of thiophene rings is 1. The molecule has 5 heteroatoms. The number of aromatic nitrogens is 1. The third kappa shape index (κ3) is 4.43. The minimum Gasteiger partial charge on any atom is -0.357 e. The van der Waals surface area contributed by atoms with Crippen LogP contribution in [0.5, 0.6) is 0 Å². The Balaban J connectivity index is 2.08. The van der Waals surface area contributed by atoms with Crippen LogP contribution >= 0.6 is 22.9 Å².